The van der Waals surface area contributed by atoms with Gasteiger partial charge in [-0.3, -0.25) is 9.69 Å². The molecule has 0 unspecified atom stereocenters. The molecule has 4 nitrogen and oxygen atoms in total. The van der Waals surface area contributed by atoms with Gasteiger partial charge >= 0.3 is 0 Å². The monoisotopic (exact) mass is 333 g/mol. The van der Waals surface area contributed by atoms with E-state index >= 15 is 0 Å². The zero-order valence-corrected chi connectivity index (χ0v) is 14.6. The molecule has 25 heavy (non-hydrogen) atoms. The minimum absolute atomic E-state index is 0.0907. The predicted octanol–water partition coefficient (Wildman–Crippen LogP) is 2.82. The Labute approximate surface area is 149 Å². The molecule has 0 aliphatic carbocycles. The van der Waals surface area contributed by atoms with Crippen LogP contribution in [0, 0.1) is 0 Å². The number of piperazine rings is 1. The Bertz CT molecular complexity index is 792. The molecule has 128 valence electrons. The van der Waals surface area contributed by atoms with Crippen molar-refractivity contribution in [1.29, 1.82) is 0 Å². The number of carbonyl (C=O) groups is 1. The average molecular weight is 333 g/mol. The summed E-state index contributed by atoms with van der Waals surface area (Å²) >= 11 is 0. The van der Waals surface area contributed by atoms with E-state index in [1.807, 2.05) is 31.3 Å². The second-order valence-corrected chi connectivity index (χ2v) is 6.72. The second kappa shape index (κ2) is 6.73. The van der Waals surface area contributed by atoms with E-state index in [0.717, 1.165) is 49.5 Å². The molecule has 1 amide bonds. The molecule has 4 heteroatoms. The van der Waals surface area contributed by atoms with Gasteiger partial charge in [0.25, 0.3) is 5.91 Å². The predicted molar refractivity (Wildman–Crippen MR) is 101 cm³/mol. The molecule has 0 bridgehead atoms. The normalized spacial score (nSPS) is 19.6. The molecule has 2 aliphatic heterocycles. The van der Waals surface area contributed by atoms with Crippen LogP contribution in [0.5, 0.6) is 0 Å². The van der Waals surface area contributed by atoms with E-state index in [-0.39, 0.29) is 5.91 Å². The van der Waals surface area contributed by atoms with Gasteiger partial charge in [0.2, 0.25) is 0 Å². The molecule has 2 heterocycles. The molecule has 2 aromatic rings. The van der Waals surface area contributed by atoms with Gasteiger partial charge in [-0.15, -0.1) is 0 Å². The highest BCUT2D eigenvalue weighted by molar-refractivity contribution is 6.32. The Morgan fingerprint density at radius 3 is 2.36 bits per heavy atom. The summed E-state index contributed by atoms with van der Waals surface area (Å²) in [6.45, 7) is 4.94. The first-order valence-electron chi connectivity index (χ1n) is 8.82. The van der Waals surface area contributed by atoms with E-state index in [4.69, 9.17) is 0 Å². The van der Waals surface area contributed by atoms with Crippen molar-refractivity contribution in [2.75, 3.05) is 38.1 Å². The van der Waals surface area contributed by atoms with Gasteiger partial charge in [0, 0.05) is 51.5 Å². The maximum absolute atomic E-state index is 12.6. The Morgan fingerprint density at radius 1 is 0.920 bits per heavy atom. The Balaban J connectivity index is 1.43. The first-order chi connectivity index (χ1) is 12.2. The first kappa shape index (κ1) is 15.9. The van der Waals surface area contributed by atoms with E-state index in [2.05, 4.69) is 46.3 Å². The summed E-state index contributed by atoms with van der Waals surface area (Å²) in [5.74, 6) is 0.0907. The van der Waals surface area contributed by atoms with Crippen LogP contribution in [-0.2, 0) is 11.3 Å². The average Bonchev–Trinajstić information content (AvgIpc) is 2.89. The molecule has 0 aromatic heterocycles. The maximum Gasteiger partial charge on any atom is 0.260 e. The third-order valence-corrected chi connectivity index (χ3v) is 5.06. The van der Waals surface area contributed by atoms with Gasteiger partial charge < -0.3 is 9.80 Å². The van der Waals surface area contributed by atoms with Gasteiger partial charge in [-0.25, -0.2) is 0 Å². The fraction of sp³-hybridized carbons (Fsp3) is 0.286. The molecular weight excluding hydrogens is 310 g/mol. The van der Waals surface area contributed by atoms with Crippen molar-refractivity contribution < 1.29 is 4.79 Å². The lowest BCUT2D eigenvalue weighted by molar-refractivity contribution is -0.112. The van der Waals surface area contributed by atoms with Gasteiger partial charge in [0.15, 0.2) is 0 Å². The number of amides is 1. The molecule has 0 radical (unpaired) electrons. The molecule has 0 atom stereocenters. The fourth-order valence-electron chi connectivity index (χ4n) is 3.60. The Kier molecular flexibility index (Phi) is 4.28. The number of anilines is 1. The van der Waals surface area contributed by atoms with Crippen LogP contribution in [0.3, 0.4) is 0 Å². The van der Waals surface area contributed by atoms with Crippen LogP contribution in [0.15, 0.2) is 60.8 Å². The van der Waals surface area contributed by atoms with Crippen molar-refractivity contribution in [2.45, 2.75) is 6.54 Å². The molecule has 2 aromatic carbocycles. The number of likely N-dealkylation sites (N-methyl/N-ethyl adjacent to an activating group) is 1. The summed E-state index contributed by atoms with van der Waals surface area (Å²) in [5.41, 5.74) is 4.22. The maximum atomic E-state index is 12.6. The highest BCUT2D eigenvalue weighted by Gasteiger charge is 2.30. The van der Waals surface area contributed by atoms with Crippen molar-refractivity contribution >= 4 is 17.2 Å². The van der Waals surface area contributed by atoms with E-state index in [1.54, 1.807) is 4.90 Å². The number of hydrogen-bond acceptors (Lipinski definition) is 3. The van der Waals surface area contributed by atoms with Gasteiger partial charge in [0.05, 0.1) is 11.3 Å². The largest absolute Gasteiger partial charge is 0.374 e. The summed E-state index contributed by atoms with van der Waals surface area (Å²) in [4.78, 5) is 19.1. The molecular formula is C21H23N3O. The van der Waals surface area contributed by atoms with Crippen LogP contribution in [0.25, 0.3) is 5.57 Å². The molecule has 4 rings (SSSR count). The smallest absolute Gasteiger partial charge is 0.260 e. The summed E-state index contributed by atoms with van der Waals surface area (Å²) in [6, 6.07) is 18.6. The number of rotatable bonds is 3. The van der Waals surface area contributed by atoms with Crippen LogP contribution in [0.2, 0.25) is 0 Å². The quantitative estimate of drug-likeness (QED) is 0.808. The highest BCUT2D eigenvalue weighted by atomic mass is 16.2. The van der Waals surface area contributed by atoms with Gasteiger partial charge in [0.1, 0.15) is 0 Å². The zero-order chi connectivity index (χ0) is 17.2. The lowest BCUT2D eigenvalue weighted by Crippen LogP contribution is -2.43. The summed E-state index contributed by atoms with van der Waals surface area (Å²) in [6.07, 6.45) is 2.06. The number of benzene rings is 2. The lowest BCUT2D eigenvalue weighted by Gasteiger charge is -2.34. The van der Waals surface area contributed by atoms with E-state index in [1.165, 1.54) is 5.56 Å². The minimum Gasteiger partial charge on any atom is -0.374 e. The molecule has 0 N–H and O–H groups in total. The van der Waals surface area contributed by atoms with E-state index in [9.17, 15) is 4.79 Å². The number of fused-ring (bicyclic) bond motifs is 1. The topological polar surface area (TPSA) is 26.8 Å². The van der Waals surface area contributed by atoms with E-state index in [0.29, 0.717) is 0 Å². The lowest BCUT2D eigenvalue weighted by atomic mass is 10.1. The van der Waals surface area contributed by atoms with Crippen molar-refractivity contribution in [3.63, 3.8) is 0 Å². The third kappa shape index (κ3) is 3.17. The summed E-state index contributed by atoms with van der Waals surface area (Å²) in [7, 11) is 1.85. The van der Waals surface area contributed by atoms with Crippen molar-refractivity contribution in [3.05, 3.63) is 71.9 Å². The third-order valence-electron chi connectivity index (χ3n) is 5.06. The van der Waals surface area contributed by atoms with Gasteiger partial charge in [-0.2, -0.15) is 0 Å². The van der Waals surface area contributed by atoms with Crippen molar-refractivity contribution in [3.8, 4) is 0 Å². The number of carbonyl (C=O) groups excluding carboxylic acids is 1. The molecule has 0 spiro atoms. The Hall–Kier alpha value is -2.59. The molecule has 0 saturated carbocycles. The molecule has 1 saturated heterocycles. The number of para-hydroxylation sites is 1. The van der Waals surface area contributed by atoms with Crippen LogP contribution in [-0.4, -0.2) is 48.9 Å². The summed E-state index contributed by atoms with van der Waals surface area (Å²) < 4.78 is 0. The van der Waals surface area contributed by atoms with E-state index < -0.39 is 0 Å². The zero-order valence-electron chi connectivity index (χ0n) is 14.6. The van der Waals surface area contributed by atoms with Crippen molar-refractivity contribution in [1.82, 2.24) is 9.80 Å². The van der Waals surface area contributed by atoms with Gasteiger partial charge in [-0.05, 0) is 11.6 Å². The highest BCUT2D eigenvalue weighted by Crippen LogP contribution is 2.35. The van der Waals surface area contributed by atoms with Crippen LogP contribution in [0.1, 0.15) is 11.1 Å². The van der Waals surface area contributed by atoms with Crippen LogP contribution < -0.4 is 4.90 Å². The first-order valence-corrected chi connectivity index (χ1v) is 8.82. The van der Waals surface area contributed by atoms with Crippen LogP contribution in [0.4, 0.5) is 5.69 Å². The SMILES string of the molecule is CN1C(=O)/C(=C\N2CCN(Cc3ccccc3)CC2)c2ccccc21. The Morgan fingerprint density at radius 2 is 1.60 bits per heavy atom. The van der Waals surface area contributed by atoms with Crippen molar-refractivity contribution in [2.24, 2.45) is 0 Å². The van der Waals surface area contributed by atoms with Crippen LogP contribution >= 0.6 is 0 Å². The van der Waals surface area contributed by atoms with Gasteiger partial charge in [-0.1, -0.05) is 48.5 Å². The molecule has 1 fully saturated rings. The molecule has 2 aliphatic rings. The number of hydrogen-bond donors (Lipinski definition) is 0. The summed E-state index contributed by atoms with van der Waals surface area (Å²) in [5, 5.41) is 0. The minimum atomic E-state index is 0.0907. The second-order valence-electron chi connectivity index (χ2n) is 6.72. The fourth-order valence-corrected chi connectivity index (χ4v) is 3.60. The standard InChI is InChI=1S/C21H23N3O/c1-22-20-10-6-5-9-18(20)19(21(22)25)16-24-13-11-23(12-14-24)15-17-7-3-2-4-8-17/h2-10,16H,11-15H2,1H3/b19-16-. The number of nitrogens with zero attached hydrogens (tertiary/aromatic N) is 3.